The molecule has 2 aromatic heterocycles. The van der Waals surface area contributed by atoms with Gasteiger partial charge in [0.1, 0.15) is 21.4 Å². The molecule has 0 amide bonds. The van der Waals surface area contributed by atoms with E-state index >= 15 is 0 Å². The van der Waals surface area contributed by atoms with Crippen molar-refractivity contribution in [2.75, 3.05) is 11.8 Å². The summed E-state index contributed by atoms with van der Waals surface area (Å²) in [5.74, 6) is 1.39. The molecule has 0 saturated carbocycles. The Morgan fingerprint density at radius 3 is 2.46 bits per heavy atom. The number of hydrogen-bond donors (Lipinski definition) is 1. The zero-order chi connectivity index (χ0) is 17.0. The molecule has 0 aliphatic heterocycles. The van der Waals surface area contributed by atoms with Crippen molar-refractivity contribution < 1.29 is 17.9 Å². The molecule has 0 unspecified atom stereocenters. The molecule has 0 fully saturated rings. The first-order valence-corrected chi connectivity index (χ1v) is 9.28. The van der Waals surface area contributed by atoms with Gasteiger partial charge in [-0.15, -0.1) is 11.3 Å². The molecule has 0 atom stereocenters. The van der Waals surface area contributed by atoms with E-state index in [0.717, 1.165) is 11.3 Å². The topological polar surface area (TPSA) is 77.5 Å². The van der Waals surface area contributed by atoms with Crippen molar-refractivity contribution in [2.45, 2.75) is 4.21 Å². The highest BCUT2D eigenvalue weighted by Crippen LogP contribution is 2.30. The minimum Gasteiger partial charge on any atom is -0.497 e. The number of aromatic nitrogens is 1. The maximum absolute atomic E-state index is 12.4. The monoisotopic (exact) mass is 362 g/mol. The van der Waals surface area contributed by atoms with E-state index in [1.165, 1.54) is 12.3 Å². The normalized spacial score (nSPS) is 11.0. The van der Waals surface area contributed by atoms with Crippen molar-refractivity contribution in [3.8, 4) is 17.4 Å². The molecule has 0 aliphatic rings. The minimum atomic E-state index is -3.67. The van der Waals surface area contributed by atoms with E-state index in [2.05, 4.69) is 9.71 Å². The molecule has 6 nitrogen and oxygen atoms in total. The van der Waals surface area contributed by atoms with E-state index in [1.54, 1.807) is 55.0 Å². The minimum absolute atomic E-state index is 0.169. The summed E-state index contributed by atoms with van der Waals surface area (Å²) in [6.45, 7) is 0. The van der Waals surface area contributed by atoms with E-state index in [0.29, 0.717) is 11.5 Å². The first-order chi connectivity index (χ1) is 11.6. The van der Waals surface area contributed by atoms with Crippen LogP contribution in [0.15, 0.2) is 64.3 Å². The molecular weight excluding hydrogens is 348 g/mol. The summed E-state index contributed by atoms with van der Waals surface area (Å²) >= 11 is 1.14. The van der Waals surface area contributed by atoms with E-state index < -0.39 is 10.0 Å². The molecule has 1 aromatic carbocycles. The molecule has 2 heterocycles. The van der Waals surface area contributed by atoms with Gasteiger partial charge in [0.25, 0.3) is 10.0 Å². The van der Waals surface area contributed by atoms with Gasteiger partial charge < -0.3 is 9.47 Å². The summed E-state index contributed by atoms with van der Waals surface area (Å²) in [5.41, 5.74) is 0.265. The van der Waals surface area contributed by atoms with Gasteiger partial charge >= 0.3 is 0 Å². The van der Waals surface area contributed by atoms with Gasteiger partial charge in [0.15, 0.2) is 0 Å². The Hall–Kier alpha value is -2.58. The average molecular weight is 362 g/mol. The lowest BCUT2D eigenvalue weighted by Crippen LogP contribution is -2.12. The quantitative estimate of drug-likeness (QED) is 0.723. The SMILES string of the molecule is COc1ccc(Oc2ncccc2NS(=O)(=O)c2cccs2)cc1. The molecule has 0 bridgehead atoms. The third kappa shape index (κ3) is 3.66. The van der Waals surface area contributed by atoms with Gasteiger partial charge in [0.05, 0.1) is 7.11 Å². The molecule has 0 spiro atoms. The molecule has 0 saturated heterocycles. The number of benzene rings is 1. The van der Waals surface area contributed by atoms with Crippen molar-refractivity contribution >= 4 is 27.0 Å². The van der Waals surface area contributed by atoms with E-state index in [-0.39, 0.29) is 15.8 Å². The van der Waals surface area contributed by atoms with Crippen LogP contribution in [0.1, 0.15) is 0 Å². The fourth-order valence-electron chi connectivity index (χ4n) is 1.92. The average Bonchev–Trinajstić information content (AvgIpc) is 3.13. The van der Waals surface area contributed by atoms with Gasteiger partial charge in [0.2, 0.25) is 5.88 Å². The van der Waals surface area contributed by atoms with Crippen LogP contribution in [0.2, 0.25) is 0 Å². The van der Waals surface area contributed by atoms with Crippen LogP contribution in [-0.4, -0.2) is 20.5 Å². The number of sulfonamides is 1. The summed E-state index contributed by atoms with van der Waals surface area (Å²) in [7, 11) is -2.09. The van der Waals surface area contributed by atoms with Crippen molar-refractivity contribution in [1.82, 2.24) is 4.98 Å². The van der Waals surface area contributed by atoms with E-state index in [1.807, 2.05) is 0 Å². The van der Waals surface area contributed by atoms with Crippen LogP contribution in [-0.2, 0) is 10.0 Å². The molecule has 0 radical (unpaired) electrons. The van der Waals surface area contributed by atoms with Crippen LogP contribution >= 0.6 is 11.3 Å². The number of nitrogens with zero attached hydrogens (tertiary/aromatic N) is 1. The zero-order valence-corrected chi connectivity index (χ0v) is 14.3. The summed E-state index contributed by atoms with van der Waals surface area (Å²) < 4.78 is 38.2. The highest BCUT2D eigenvalue weighted by molar-refractivity contribution is 7.94. The van der Waals surface area contributed by atoms with Crippen molar-refractivity contribution in [3.63, 3.8) is 0 Å². The van der Waals surface area contributed by atoms with Crippen molar-refractivity contribution in [1.29, 1.82) is 0 Å². The fourth-order valence-corrected chi connectivity index (χ4v) is 3.97. The lowest BCUT2D eigenvalue weighted by atomic mass is 10.3. The van der Waals surface area contributed by atoms with Crippen molar-refractivity contribution in [3.05, 3.63) is 60.1 Å². The largest absolute Gasteiger partial charge is 0.497 e. The molecule has 24 heavy (non-hydrogen) atoms. The number of hydrogen-bond acceptors (Lipinski definition) is 6. The number of rotatable bonds is 6. The number of ether oxygens (including phenoxy) is 2. The molecule has 124 valence electrons. The Labute approximate surface area is 143 Å². The first kappa shape index (κ1) is 16.3. The highest BCUT2D eigenvalue weighted by Gasteiger charge is 2.18. The predicted octanol–water partition coefficient (Wildman–Crippen LogP) is 3.74. The number of pyridine rings is 1. The van der Waals surface area contributed by atoms with Crippen LogP contribution in [0.3, 0.4) is 0 Å². The Kier molecular flexibility index (Phi) is 4.68. The highest BCUT2D eigenvalue weighted by atomic mass is 32.2. The fraction of sp³-hybridized carbons (Fsp3) is 0.0625. The van der Waals surface area contributed by atoms with Gasteiger partial charge in [0, 0.05) is 6.20 Å². The Balaban J connectivity index is 1.85. The second-order valence-electron chi connectivity index (χ2n) is 4.67. The summed E-state index contributed by atoms with van der Waals surface area (Å²) in [6, 6.07) is 13.4. The van der Waals surface area contributed by atoms with Gasteiger partial charge in [-0.2, -0.15) is 0 Å². The zero-order valence-electron chi connectivity index (χ0n) is 12.7. The van der Waals surface area contributed by atoms with Crippen LogP contribution in [0.4, 0.5) is 5.69 Å². The second-order valence-corrected chi connectivity index (χ2v) is 7.53. The summed E-state index contributed by atoms with van der Waals surface area (Å²) in [5, 5.41) is 1.70. The molecular formula is C16H14N2O4S2. The lowest BCUT2D eigenvalue weighted by Gasteiger charge is -2.11. The molecule has 3 aromatic rings. The Morgan fingerprint density at radius 2 is 1.79 bits per heavy atom. The number of nitrogens with one attached hydrogen (secondary N) is 1. The number of methoxy groups -OCH3 is 1. The van der Waals surface area contributed by atoms with E-state index in [9.17, 15) is 8.42 Å². The Bertz CT molecular complexity index is 908. The number of anilines is 1. The second kappa shape index (κ2) is 6.90. The molecule has 8 heteroatoms. The standard InChI is InChI=1S/C16H14N2O4S2/c1-21-12-6-8-13(9-7-12)22-16-14(4-2-10-17-16)18-24(19,20)15-5-3-11-23-15/h2-11,18H,1H3. The van der Waals surface area contributed by atoms with Gasteiger partial charge in [-0.05, 0) is 47.8 Å². The molecule has 1 N–H and O–H groups in total. The van der Waals surface area contributed by atoms with Gasteiger partial charge in [-0.3, -0.25) is 4.72 Å². The maximum atomic E-state index is 12.4. The van der Waals surface area contributed by atoms with Crippen LogP contribution in [0.25, 0.3) is 0 Å². The first-order valence-electron chi connectivity index (χ1n) is 6.92. The van der Waals surface area contributed by atoms with Crippen molar-refractivity contribution in [2.24, 2.45) is 0 Å². The number of thiophene rings is 1. The third-order valence-corrected chi connectivity index (χ3v) is 5.81. The van der Waals surface area contributed by atoms with Crippen LogP contribution < -0.4 is 14.2 Å². The third-order valence-electron chi connectivity index (χ3n) is 3.05. The van der Waals surface area contributed by atoms with Crippen LogP contribution in [0.5, 0.6) is 17.4 Å². The molecule has 0 aliphatic carbocycles. The predicted molar refractivity (Wildman–Crippen MR) is 92.4 cm³/mol. The summed E-state index contributed by atoms with van der Waals surface area (Å²) in [6.07, 6.45) is 1.53. The smallest absolute Gasteiger partial charge is 0.271 e. The van der Waals surface area contributed by atoms with Crippen LogP contribution in [0, 0.1) is 0 Å². The Morgan fingerprint density at radius 1 is 1.04 bits per heavy atom. The maximum Gasteiger partial charge on any atom is 0.271 e. The lowest BCUT2D eigenvalue weighted by molar-refractivity contribution is 0.412. The molecule has 3 rings (SSSR count). The van der Waals surface area contributed by atoms with Gasteiger partial charge in [-0.25, -0.2) is 13.4 Å². The summed E-state index contributed by atoms with van der Waals surface area (Å²) in [4.78, 5) is 4.11. The van der Waals surface area contributed by atoms with E-state index in [4.69, 9.17) is 9.47 Å². The van der Waals surface area contributed by atoms with Gasteiger partial charge in [-0.1, -0.05) is 6.07 Å².